The Morgan fingerprint density at radius 3 is 2.52 bits per heavy atom. The zero-order valence-electron chi connectivity index (χ0n) is 14.1. The van der Waals surface area contributed by atoms with Crippen LogP contribution < -0.4 is 4.90 Å². The zero-order chi connectivity index (χ0) is 18.2. The maximum atomic E-state index is 11.8. The standard InChI is InChI=1S/C16H20N4O4S/c1-3-19(13-8-9-25(23,24)10-13)15-14(16(21)22)17-20(18-15)12-6-4-11(2)5-7-12/h4-7,13H,3,8-10H2,1-2H3,(H,21,22). The molecular weight excluding hydrogens is 344 g/mol. The summed E-state index contributed by atoms with van der Waals surface area (Å²) in [5, 5.41) is 18.0. The number of aromatic nitrogens is 3. The lowest BCUT2D eigenvalue weighted by Gasteiger charge is -2.26. The molecule has 1 aromatic heterocycles. The van der Waals surface area contributed by atoms with Crippen molar-refractivity contribution in [2.24, 2.45) is 0 Å². The number of rotatable bonds is 5. The number of carbonyl (C=O) groups is 1. The summed E-state index contributed by atoms with van der Waals surface area (Å²) in [6.45, 7) is 4.25. The zero-order valence-corrected chi connectivity index (χ0v) is 14.9. The van der Waals surface area contributed by atoms with Gasteiger partial charge in [-0.25, -0.2) is 13.2 Å². The van der Waals surface area contributed by atoms with Crippen molar-refractivity contribution in [3.8, 4) is 5.69 Å². The number of hydrogen-bond acceptors (Lipinski definition) is 6. The summed E-state index contributed by atoms with van der Waals surface area (Å²) < 4.78 is 23.6. The van der Waals surface area contributed by atoms with E-state index in [-0.39, 0.29) is 29.1 Å². The maximum absolute atomic E-state index is 11.8. The number of benzene rings is 1. The monoisotopic (exact) mass is 364 g/mol. The van der Waals surface area contributed by atoms with Crippen LogP contribution >= 0.6 is 0 Å². The molecule has 2 heterocycles. The molecule has 0 saturated carbocycles. The fraction of sp³-hybridized carbons (Fsp3) is 0.438. The maximum Gasteiger partial charge on any atom is 0.360 e. The molecule has 3 rings (SSSR count). The van der Waals surface area contributed by atoms with Gasteiger partial charge < -0.3 is 10.0 Å². The van der Waals surface area contributed by atoms with Gasteiger partial charge in [-0.15, -0.1) is 15.0 Å². The molecule has 134 valence electrons. The average Bonchev–Trinajstić information content (AvgIpc) is 3.13. The van der Waals surface area contributed by atoms with Crippen LogP contribution in [0.1, 0.15) is 29.4 Å². The summed E-state index contributed by atoms with van der Waals surface area (Å²) in [4.78, 5) is 14.6. The summed E-state index contributed by atoms with van der Waals surface area (Å²) in [7, 11) is -3.09. The lowest BCUT2D eigenvalue weighted by Crippen LogP contribution is -2.37. The highest BCUT2D eigenvalue weighted by Crippen LogP contribution is 2.26. The van der Waals surface area contributed by atoms with E-state index in [0.717, 1.165) is 5.56 Å². The minimum Gasteiger partial charge on any atom is -0.476 e. The SMILES string of the molecule is CCN(c1nn(-c2ccc(C)cc2)nc1C(=O)O)C1CCS(=O)(=O)C1. The highest BCUT2D eigenvalue weighted by Gasteiger charge is 2.35. The van der Waals surface area contributed by atoms with E-state index in [1.165, 1.54) is 4.80 Å². The van der Waals surface area contributed by atoms with Crippen LogP contribution in [0.15, 0.2) is 24.3 Å². The van der Waals surface area contributed by atoms with E-state index < -0.39 is 15.8 Å². The number of aromatic carboxylic acids is 1. The van der Waals surface area contributed by atoms with Crippen LogP contribution in [0.5, 0.6) is 0 Å². The number of carboxylic acids is 1. The summed E-state index contributed by atoms with van der Waals surface area (Å²) in [5.74, 6) is -0.856. The van der Waals surface area contributed by atoms with Gasteiger partial charge in [0.1, 0.15) is 0 Å². The Morgan fingerprint density at radius 2 is 2.00 bits per heavy atom. The minimum atomic E-state index is -3.09. The first-order chi connectivity index (χ1) is 11.8. The summed E-state index contributed by atoms with van der Waals surface area (Å²) >= 11 is 0. The second-order valence-electron chi connectivity index (χ2n) is 6.15. The van der Waals surface area contributed by atoms with Crippen molar-refractivity contribution >= 4 is 21.6 Å². The van der Waals surface area contributed by atoms with Crippen molar-refractivity contribution < 1.29 is 18.3 Å². The van der Waals surface area contributed by atoms with Gasteiger partial charge in [-0.05, 0) is 32.4 Å². The van der Waals surface area contributed by atoms with E-state index in [1.807, 2.05) is 26.0 Å². The molecule has 2 aromatic rings. The summed E-state index contributed by atoms with van der Waals surface area (Å²) in [6.07, 6.45) is 0.465. The number of hydrogen-bond donors (Lipinski definition) is 1. The van der Waals surface area contributed by atoms with Crippen molar-refractivity contribution in [1.29, 1.82) is 0 Å². The molecule has 1 aliphatic rings. The topological polar surface area (TPSA) is 105 Å². The van der Waals surface area contributed by atoms with Crippen molar-refractivity contribution in [3.05, 3.63) is 35.5 Å². The third-order valence-corrected chi connectivity index (χ3v) is 6.08. The van der Waals surface area contributed by atoms with Gasteiger partial charge >= 0.3 is 5.97 Å². The van der Waals surface area contributed by atoms with Crippen molar-refractivity contribution in [2.75, 3.05) is 23.0 Å². The first kappa shape index (κ1) is 17.4. The first-order valence-electron chi connectivity index (χ1n) is 8.05. The van der Waals surface area contributed by atoms with Crippen molar-refractivity contribution in [2.45, 2.75) is 26.3 Å². The third-order valence-electron chi connectivity index (χ3n) is 4.33. The molecule has 0 radical (unpaired) electrons. The van der Waals surface area contributed by atoms with E-state index in [1.54, 1.807) is 17.0 Å². The van der Waals surface area contributed by atoms with Crippen molar-refractivity contribution in [3.63, 3.8) is 0 Å². The highest BCUT2D eigenvalue weighted by molar-refractivity contribution is 7.91. The average molecular weight is 364 g/mol. The Bertz CT molecular complexity index is 889. The van der Waals surface area contributed by atoms with Crippen LogP contribution in [-0.4, -0.2) is 58.6 Å². The molecule has 0 aliphatic carbocycles. The fourth-order valence-electron chi connectivity index (χ4n) is 3.03. The third kappa shape index (κ3) is 3.51. The molecule has 9 heteroatoms. The van der Waals surface area contributed by atoms with E-state index >= 15 is 0 Å². The second kappa shape index (κ2) is 6.47. The Balaban J connectivity index is 2.01. The molecule has 25 heavy (non-hydrogen) atoms. The number of anilines is 1. The van der Waals surface area contributed by atoms with Crippen LogP contribution in [0.3, 0.4) is 0 Å². The Kier molecular flexibility index (Phi) is 4.51. The van der Waals surface area contributed by atoms with E-state index in [9.17, 15) is 18.3 Å². The van der Waals surface area contributed by atoms with Gasteiger partial charge in [-0.3, -0.25) is 0 Å². The normalized spacial score (nSPS) is 19.0. The smallest absolute Gasteiger partial charge is 0.360 e. The largest absolute Gasteiger partial charge is 0.476 e. The van der Waals surface area contributed by atoms with Gasteiger partial charge in [0.25, 0.3) is 0 Å². The Labute approximate surface area is 146 Å². The predicted octanol–water partition coefficient (Wildman–Crippen LogP) is 1.29. The van der Waals surface area contributed by atoms with E-state index in [2.05, 4.69) is 10.2 Å². The first-order valence-corrected chi connectivity index (χ1v) is 9.87. The molecule has 1 saturated heterocycles. The van der Waals surface area contributed by atoms with Gasteiger partial charge in [0.2, 0.25) is 5.69 Å². The molecule has 8 nitrogen and oxygen atoms in total. The molecular formula is C16H20N4O4S. The van der Waals surface area contributed by atoms with Crippen LogP contribution in [0, 0.1) is 6.92 Å². The highest BCUT2D eigenvalue weighted by atomic mass is 32.2. The van der Waals surface area contributed by atoms with E-state index in [4.69, 9.17) is 0 Å². The van der Waals surface area contributed by atoms with Gasteiger partial charge in [-0.1, -0.05) is 17.7 Å². The number of sulfone groups is 1. The summed E-state index contributed by atoms with van der Waals surface area (Å²) in [5.41, 5.74) is 1.54. The fourth-order valence-corrected chi connectivity index (χ4v) is 4.76. The van der Waals surface area contributed by atoms with E-state index in [0.29, 0.717) is 18.7 Å². The lowest BCUT2D eigenvalue weighted by atomic mass is 10.2. The van der Waals surface area contributed by atoms with Gasteiger partial charge in [0, 0.05) is 12.6 Å². The molecule has 1 N–H and O–H groups in total. The van der Waals surface area contributed by atoms with Crippen LogP contribution in [0.25, 0.3) is 5.69 Å². The predicted molar refractivity (Wildman–Crippen MR) is 93.1 cm³/mol. The quantitative estimate of drug-likeness (QED) is 0.852. The van der Waals surface area contributed by atoms with Gasteiger partial charge in [0.15, 0.2) is 15.7 Å². The molecule has 1 aliphatic heterocycles. The second-order valence-corrected chi connectivity index (χ2v) is 8.37. The Hall–Kier alpha value is -2.42. The number of carboxylic acid groups (broad SMARTS) is 1. The molecule has 0 bridgehead atoms. The van der Waals surface area contributed by atoms with Gasteiger partial charge in [0.05, 0.1) is 17.2 Å². The molecule has 1 unspecified atom stereocenters. The summed E-state index contributed by atoms with van der Waals surface area (Å²) in [6, 6.07) is 7.11. The van der Waals surface area contributed by atoms with Crippen LogP contribution in [0.4, 0.5) is 5.82 Å². The number of aryl methyl sites for hydroxylation is 1. The molecule has 0 spiro atoms. The molecule has 0 amide bonds. The van der Waals surface area contributed by atoms with Crippen LogP contribution in [0.2, 0.25) is 0 Å². The number of nitrogens with zero attached hydrogens (tertiary/aromatic N) is 4. The Morgan fingerprint density at radius 1 is 1.32 bits per heavy atom. The van der Waals surface area contributed by atoms with Gasteiger partial charge in [-0.2, -0.15) is 0 Å². The minimum absolute atomic E-state index is 0.0112. The molecule has 1 atom stereocenters. The molecule has 1 fully saturated rings. The lowest BCUT2D eigenvalue weighted by molar-refractivity contribution is 0.0690. The van der Waals surface area contributed by atoms with Crippen molar-refractivity contribution in [1.82, 2.24) is 15.0 Å². The molecule has 1 aromatic carbocycles. The van der Waals surface area contributed by atoms with Crippen LogP contribution in [-0.2, 0) is 9.84 Å².